The van der Waals surface area contributed by atoms with Crippen molar-refractivity contribution >= 4 is 23.3 Å². The minimum absolute atomic E-state index is 0.0363. The fourth-order valence-electron chi connectivity index (χ4n) is 3.93. The zero-order chi connectivity index (χ0) is 18.6. The molecular formula is C22H26ClN3O. The van der Waals surface area contributed by atoms with E-state index in [-0.39, 0.29) is 17.7 Å². The largest absolute Gasteiger partial charge is 0.357 e. The van der Waals surface area contributed by atoms with Crippen molar-refractivity contribution in [1.82, 2.24) is 10.3 Å². The number of anilines is 1. The second-order valence-electron chi connectivity index (χ2n) is 7.61. The summed E-state index contributed by atoms with van der Waals surface area (Å²) in [7, 11) is 0. The smallest absolute Gasteiger partial charge is 0.224 e. The van der Waals surface area contributed by atoms with Crippen LogP contribution in [-0.4, -0.2) is 24.0 Å². The summed E-state index contributed by atoms with van der Waals surface area (Å²) >= 11 is 6.25. The number of amides is 1. The Balaban J connectivity index is 1.29. The highest BCUT2D eigenvalue weighted by Crippen LogP contribution is 2.49. The molecule has 2 aliphatic rings. The van der Waals surface area contributed by atoms with E-state index in [1.165, 1.54) is 25.7 Å². The number of halogens is 1. The summed E-state index contributed by atoms with van der Waals surface area (Å²) < 4.78 is 0. The maximum Gasteiger partial charge on any atom is 0.224 e. The summed E-state index contributed by atoms with van der Waals surface area (Å²) in [5.41, 5.74) is 2.12. The van der Waals surface area contributed by atoms with Gasteiger partial charge < -0.3 is 10.2 Å². The van der Waals surface area contributed by atoms with E-state index in [1.807, 2.05) is 30.5 Å². The van der Waals surface area contributed by atoms with Gasteiger partial charge in [0.1, 0.15) is 5.82 Å². The molecule has 2 aromatic rings. The molecule has 142 valence electrons. The Kier molecular flexibility index (Phi) is 5.63. The summed E-state index contributed by atoms with van der Waals surface area (Å²) in [5.74, 6) is 1.45. The number of nitrogens with zero attached hydrogens (tertiary/aromatic N) is 2. The van der Waals surface area contributed by atoms with Gasteiger partial charge in [-0.05, 0) is 48.4 Å². The Bertz CT molecular complexity index is 784. The maximum atomic E-state index is 12.4. The van der Waals surface area contributed by atoms with Crippen LogP contribution in [0.25, 0.3) is 0 Å². The van der Waals surface area contributed by atoms with Crippen LogP contribution in [0.3, 0.4) is 0 Å². The van der Waals surface area contributed by atoms with Gasteiger partial charge in [0, 0.05) is 36.8 Å². The number of rotatable bonds is 5. The minimum atomic E-state index is 0.0363. The van der Waals surface area contributed by atoms with Crippen LogP contribution in [0.4, 0.5) is 5.82 Å². The normalized spacial score (nSPS) is 22.2. The molecule has 2 unspecified atom stereocenters. The molecule has 27 heavy (non-hydrogen) atoms. The van der Waals surface area contributed by atoms with E-state index in [0.29, 0.717) is 6.54 Å². The lowest BCUT2D eigenvalue weighted by molar-refractivity contribution is -0.122. The van der Waals surface area contributed by atoms with Crippen LogP contribution in [0, 0.1) is 5.92 Å². The topological polar surface area (TPSA) is 45.2 Å². The highest BCUT2D eigenvalue weighted by molar-refractivity contribution is 6.31. The Hall–Kier alpha value is -2.07. The molecule has 1 saturated carbocycles. The third-order valence-corrected chi connectivity index (χ3v) is 5.98. The van der Waals surface area contributed by atoms with Crippen molar-refractivity contribution in [3.8, 4) is 0 Å². The van der Waals surface area contributed by atoms with Gasteiger partial charge in [0.2, 0.25) is 5.91 Å². The lowest BCUT2D eigenvalue weighted by atomic mass is 10.1. The lowest BCUT2D eigenvalue weighted by Crippen LogP contribution is -2.26. The number of carbonyl (C=O) groups excluding carboxylic acids is 1. The van der Waals surface area contributed by atoms with Gasteiger partial charge in [-0.2, -0.15) is 0 Å². The maximum absolute atomic E-state index is 12.4. The second kappa shape index (κ2) is 8.30. The van der Waals surface area contributed by atoms with E-state index in [1.54, 1.807) is 0 Å². The van der Waals surface area contributed by atoms with E-state index in [0.717, 1.165) is 41.5 Å². The molecule has 2 heterocycles. The van der Waals surface area contributed by atoms with Crippen LogP contribution >= 0.6 is 11.6 Å². The predicted molar refractivity (Wildman–Crippen MR) is 109 cm³/mol. The summed E-state index contributed by atoms with van der Waals surface area (Å²) in [6.45, 7) is 2.71. The number of aromatic nitrogens is 1. The number of hydrogen-bond acceptors (Lipinski definition) is 3. The molecule has 2 fully saturated rings. The molecule has 1 aromatic carbocycles. The molecule has 2 atom stereocenters. The molecule has 4 rings (SSSR count). The van der Waals surface area contributed by atoms with Crippen LogP contribution < -0.4 is 10.2 Å². The quantitative estimate of drug-likeness (QED) is 0.824. The van der Waals surface area contributed by atoms with Crippen molar-refractivity contribution < 1.29 is 4.79 Å². The second-order valence-corrected chi connectivity index (χ2v) is 8.02. The summed E-state index contributed by atoms with van der Waals surface area (Å²) in [6, 6.07) is 12.0. The summed E-state index contributed by atoms with van der Waals surface area (Å²) in [5, 5.41) is 3.81. The number of pyridine rings is 1. The Morgan fingerprint density at radius 3 is 2.59 bits per heavy atom. The molecule has 1 amide bonds. The molecular weight excluding hydrogens is 358 g/mol. The molecule has 1 aliphatic carbocycles. The van der Waals surface area contributed by atoms with E-state index < -0.39 is 0 Å². The first-order valence-electron chi connectivity index (χ1n) is 9.94. The molecule has 0 spiro atoms. The van der Waals surface area contributed by atoms with Crippen molar-refractivity contribution in [3.63, 3.8) is 0 Å². The standard InChI is InChI=1S/C22H26ClN3O/c23-20-8-4-3-7-17(20)18-13-19(18)22(27)25-15-16-9-10-21(24-14-16)26-11-5-1-2-6-12-26/h3-4,7-10,14,18-19H,1-2,5-6,11-13,15H2,(H,25,27). The average Bonchev–Trinajstić information content (AvgIpc) is 3.51. The van der Waals surface area contributed by atoms with Crippen molar-refractivity contribution in [2.24, 2.45) is 5.92 Å². The van der Waals surface area contributed by atoms with Gasteiger partial charge in [0.25, 0.3) is 0 Å². The fourth-order valence-corrected chi connectivity index (χ4v) is 4.21. The Morgan fingerprint density at radius 2 is 1.89 bits per heavy atom. The lowest BCUT2D eigenvalue weighted by Gasteiger charge is -2.21. The first kappa shape index (κ1) is 18.3. The van der Waals surface area contributed by atoms with Crippen LogP contribution in [0.2, 0.25) is 5.02 Å². The van der Waals surface area contributed by atoms with E-state index in [2.05, 4.69) is 27.3 Å². The molecule has 5 heteroatoms. The van der Waals surface area contributed by atoms with Crippen LogP contribution in [-0.2, 0) is 11.3 Å². The zero-order valence-corrected chi connectivity index (χ0v) is 16.3. The minimum Gasteiger partial charge on any atom is -0.357 e. The summed E-state index contributed by atoms with van der Waals surface area (Å²) in [6.07, 6.45) is 7.88. The first-order chi connectivity index (χ1) is 13.2. The Labute approximate surface area is 165 Å². The van der Waals surface area contributed by atoms with E-state index >= 15 is 0 Å². The predicted octanol–water partition coefficient (Wildman–Crippen LogP) is 4.54. The van der Waals surface area contributed by atoms with Gasteiger partial charge in [0.15, 0.2) is 0 Å². The van der Waals surface area contributed by atoms with Gasteiger partial charge in [-0.3, -0.25) is 4.79 Å². The molecule has 0 bridgehead atoms. The molecule has 1 saturated heterocycles. The number of nitrogens with one attached hydrogen (secondary N) is 1. The summed E-state index contributed by atoms with van der Waals surface area (Å²) in [4.78, 5) is 19.4. The van der Waals surface area contributed by atoms with E-state index in [9.17, 15) is 4.79 Å². The van der Waals surface area contributed by atoms with Gasteiger partial charge >= 0.3 is 0 Å². The van der Waals surface area contributed by atoms with Gasteiger partial charge in [-0.15, -0.1) is 0 Å². The number of carbonyl (C=O) groups is 1. The number of benzene rings is 1. The van der Waals surface area contributed by atoms with Gasteiger partial charge in [-0.25, -0.2) is 4.98 Å². The van der Waals surface area contributed by atoms with Crippen molar-refractivity contribution in [1.29, 1.82) is 0 Å². The van der Waals surface area contributed by atoms with Gasteiger partial charge in [0.05, 0.1) is 0 Å². The van der Waals surface area contributed by atoms with Gasteiger partial charge in [-0.1, -0.05) is 48.7 Å². The van der Waals surface area contributed by atoms with E-state index in [4.69, 9.17) is 11.6 Å². The highest BCUT2D eigenvalue weighted by atomic mass is 35.5. The van der Waals surface area contributed by atoms with Crippen LogP contribution in [0.1, 0.15) is 49.1 Å². The SMILES string of the molecule is O=C(NCc1ccc(N2CCCCCC2)nc1)C1CC1c1ccccc1Cl. The highest BCUT2D eigenvalue weighted by Gasteiger charge is 2.44. The molecule has 4 nitrogen and oxygen atoms in total. The third kappa shape index (κ3) is 4.44. The fraction of sp³-hybridized carbons (Fsp3) is 0.455. The average molecular weight is 384 g/mol. The molecule has 1 aliphatic heterocycles. The van der Waals surface area contributed by atoms with Crippen LogP contribution in [0.5, 0.6) is 0 Å². The Morgan fingerprint density at radius 1 is 1.11 bits per heavy atom. The molecule has 0 radical (unpaired) electrons. The third-order valence-electron chi connectivity index (χ3n) is 5.64. The van der Waals surface area contributed by atoms with Crippen LogP contribution in [0.15, 0.2) is 42.6 Å². The zero-order valence-electron chi connectivity index (χ0n) is 15.5. The monoisotopic (exact) mass is 383 g/mol. The van der Waals surface area contributed by atoms with Crippen molar-refractivity contribution in [3.05, 3.63) is 58.7 Å². The van der Waals surface area contributed by atoms with Crippen molar-refractivity contribution in [2.45, 2.75) is 44.6 Å². The first-order valence-corrected chi connectivity index (χ1v) is 10.3. The molecule has 1 aromatic heterocycles. The van der Waals surface area contributed by atoms with Crippen molar-refractivity contribution in [2.75, 3.05) is 18.0 Å². The number of hydrogen-bond donors (Lipinski definition) is 1. The molecule has 1 N–H and O–H groups in total.